The molecule has 81 valence electrons. The van der Waals surface area contributed by atoms with E-state index in [1.807, 2.05) is 0 Å². The summed E-state index contributed by atoms with van der Waals surface area (Å²) in [5, 5.41) is 3.84. The Hall–Kier alpha value is 0.504. The fourth-order valence-corrected chi connectivity index (χ4v) is 3.30. The molecule has 2 aliphatic rings. The third kappa shape index (κ3) is 2.04. The molecule has 3 atom stereocenters. The van der Waals surface area contributed by atoms with Crippen molar-refractivity contribution in [1.82, 2.24) is 5.32 Å². The van der Waals surface area contributed by atoms with Gasteiger partial charge in [-0.25, -0.2) is 0 Å². The van der Waals surface area contributed by atoms with Crippen molar-refractivity contribution in [1.29, 1.82) is 0 Å². The van der Waals surface area contributed by atoms with Crippen LogP contribution in [0.3, 0.4) is 0 Å². The third-order valence-electron chi connectivity index (χ3n) is 4.16. The van der Waals surface area contributed by atoms with E-state index in [1.54, 1.807) is 0 Å². The van der Waals surface area contributed by atoms with E-state index < -0.39 is 0 Å². The second-order valence-corrected chi connectivity index (χ2v) is 4.77. The van der Waals surface area contributed by atoms with Crippen LogP contribution in [-0.4, -0.2) is 18.1 Å². The quantitative estimate of drug-likeness (QED) is 0.761. The largest absolute Gasteiger partial charge is 0.330 e. The molecule has 0 aromatic carbocycles. The Balaban J connectivity index is 0.000000980. The summed E-state index contributed by atoms with van der Waals surface area (Å²) >= 11 is 0. The molecule has 3 heteroatoms. The summed E-state index contributed by atoms with van der Waals surface area (Å²) in [5.74, 6) is 0.754. The van der Waals surface area contributed by atoms with Gasteiger partial charge in [-0.1, -0.05) is 13.3 Å². The Morgan fingerprint density at radius 2 is 2.14 bits per heavy atom. The van der Waals surface area contributed by atoms with Gasteiger partial charge in [0.05, 0.1) is 0 Å². The molecule has 2 fully saturated rings. The first kappa shape index (κ1) is 12.6. The van der Waals surface area contributed by atoms with Gasteiger partial charge in [-0.15, -0.1) is 0 Å². The fraction of sp³-hybridized carbons (Fsp3) is 1.00. The summed E-state index contributed by atoms with van der Waals surface area (Å²) < 4.78 is 0. The normalized spacial score (nSPS) is 41.6. The molecule has 1 aliphatic heterocycles. The van der Waals surface area contributed by atoms with Gasteiger partial charge >= 0.3 is 0 Å². The number of hydrogen-bond acceptors (Lipinski definition) is 2. The molecule has 14 heavy (non-hydrogen) atoms. The predicted molar refractivity (Wildman–Crippen MR) is 55.6 cm³/mol. The van der Waals surface area contributed by atoms with Crippen molar-refractivity contribution in [3.63, 3.8) is 0 Å². The van der Waals surface area contributed by atoms with Crippen molar-refractivity contribution in [3.8, 4) is 0 Å². The Morgan fingerprint density at radius 3 is 2.71 bits per heavy atom. The Bertz CT molecular complexity index is 186. The Morgan fingerprint density at radius 1 is 1.36 bits per heavy atom. The molecule has 1 spiro atoms. The van der Waals surface area contributed by atoms with E-state index in [4.69, 9.17) is 5.73 Å². The van der Waals surface area contributed by atoms with Crippen molar-refractivity contribution >= 4 is 0 Å². The van der Waals surface area contributed by atoms with E-state index in [0.717, 1.165) is 18.5 Å². The minimum Gasteiger partial charge on any atom is -0.330 e. The predicted octanol–water partition coefficient (Wildman–Crippen LogP) is 1.64. The van der Waals surface area contributed by atoms with Crippen LogP contribution < -0.4 is 11.1 Å². The van der Waals surface area contributed by atoms with Gasteiger partial charge in [-0.05, 0) is 44.6 Å². The van der Waals surface area contributed by atoms with Crippen LogP contribution >= 0.6 is 0 Å². The van der Waals surface area contributed by atoms with Gasteiger partial charge in [0.15, 0.2) is 0 Å². The zero-order valence-corrected chi connectivity index (χ0v) is 10.5. The SMILES string of the molecule is CCC1CCC2(CCC[C@H]2CN)N1.[V]. The topological polar surface area (TPSA) is 38.0 Å². The fourth-order valence-electron chi connectivity index (χ4n) is 3.30. The molecule has 0 aromatic heterocycles. The van der Waals surface area contributed by atoms with Crippen molar-refractivity contribution in [2.45, 2.75) is 57.0 Å². The van der Waals surface area contributed by atoms with Crippen LogP contribution in [-0.2, 0) is 18.6 Å². The minimum atomic E-state index is 0. The van der Waals surface area contributed by atoms with Crippen LogP contribution in [0.15, 0.2) is 0 Å². The molecule has 2 nitrogen and oxygen atoms in total. The molecule has 2 rings (SSSR count). The van der Waals surface area contributed by atoms with E-state index in [1.165, 1.54) is 38.5 Å². The number of nitrogens with two attached hydrogens (primary N) is 1. The monoisotopic (exact) mass is 233 g/mol. The van der Waals surface area contributed by atoms with Gasteiger partial charge < -0.3 is 11.1 Å². The number of hydrogen-bond donors (Lipinski definition) is 2. The summed E-state index contributed by atoms with van der Waals surface area (Å²) in [6.07, 6.45) is 8.11. The van der Waals surface area contributed by atoms with Crippen molar-refractivity contribution in [2.24, 2.45) is 11.7 Å². The smallest absolute Gasteiger partial charge is 0.0224 e. The molecule has 2 unspecified atom stereocenters. The number of rotatable bonds is 2. The molecule has 1 saturated heterocycles. The maximum Gasteiger partial charge on any atom is 0.0224 e. The van der Waals surface area contributed by atoms with E-state index >= 15 is 0 Å². The van der Waals surface area contributed by atoms with Gasteiger partial charge in [0.2, 0.25) is 0 Å². The summed E-state index contributed by atoms with van der Waals surface area (Å²) in [5.41, 5.74) is 6.29. The van der Waals surface area contributed by atoms with Crippen molar-refractivity contribution in [3.05, 3.63) is 0 Å². The van der Waals surface area contributed by atoms with Crippen LogP contribution in [0.25, 0.3) is 0 Å². The average molecular weight is 233 g/mol. The summed E-state index contributed by atoms with van der Waals surface area (Å²) in [7, 11) is 0. The molecule has 1 saturated carbocycles. The van der Waals surface area contributed by atoms with Crippen LogP contribution in [0, 0.1) is 5.92 Å². The molecular weight excluding hydrogens is 211 g/mol. The van der Waals surface area contributed by atoms with Crippen LogP contribution in [0.4, 0.5) is 0 Å². The van der Waals surface area contributed by atoms with E-state index in [2.05, 4.69) is 12.2 Å². The standard InChI is InChI=1S/C11H22N2.V/c1-2-10-5-7-11(13-10)6-3-4-9(11)8-12;/h9-10,13H,2-8,12H2,1H3;/t9-,10?,11?;/m0./s1. The maximum absolute atomic E-state index is 5.84. The van der Waals surface area contributed by atoms with Crippen LogP contribution in [0.1, 0.15) is 45.4 Å². The summed E-state index contributed by atoms with van der Waals surface area (Å²) in [6, 6.07) is 0.771. The van der Waals surface area contributed by atoms with E-state index in [-0.39, 0.29) is 18.6 Å². The summed E-state index contributed by atoms with van der Waals surface area (Å²) in [6.45, 7) is 3.16. The first-order chi connectivity index (χ1) is 6.30. The van der Waals surface area contributed by atoms with Crippen molar-refractivity contribution < 1.29 is 18.6 Å². The van der Waals surface area contributed by atoms with Gasteiger partial charge in [0, 0.05) is 30.1 Å². The molecule has 3 N–H and O–H groups in total. The Labute approximate surface area is 99.3 Å². The molecule has 1 aliphatic carbocycles. The van der Waals surface area contributed by atoms with Gasteiger partial charge in [-0.3, -0.25) is 0 Å². The van der Waals surface area contributed by atoms with Gasteiger partial charge in [-0.2, -0.15) is 0 Å². The molecule has 1 heterocycles. The zero-order valence-electron chi connectivity index (χ0n) is 9.13. The first-order valence-electron chi connectivity index (χ1n) is 5.78. The van der Waals surface area contributed by atoms with Crippen LogP contribution in [0.5, 0.6) is 0 Å². The van der Waals surface area contributed by atoms with Gasteiger partial charge in [0.25, 0.3) is 0 Å². The second kappa shape index (κ2) is 5.02. The third-order valence-corrected chi connectivity index (χ3v) is 4.16. The first-order valence-corrected chi connectivity index (χ1v) is 5.78. The molecule has 0 aromatic rings. The molecule has 0 amide bonds. The number of nitrogens with one attached hydrogen (secondary N) is 1. The zero-order chi connectivity index (χ0) is 9.31. The average Bonchev–Trinajstić information content (AvgIpc) is 2.74. The summed E-state index contributed by atoms with van der Waals surface area (Å²) in [4.78, 5) is 0. The van der Waals surface area contributed by atoms with E-state index in [9.17, 15) is 0 Å². The maximum atomic E-state index is 5.84. The minimum absolute atomic E-state index is 0. The molecule has 0 bridgehead atoms. The van der Waals surface area contributed by atoms with E-state index in [0.29, 0.717) is 5.54 Å². The van der Waals surface area contributed by atoms with Crippen molar-refractivity contribution in [2.75, 3.05) is 6.54 Å². The molecular formula is C11H22N2V. The van der Waals surface area contributed by atoms with Gasteiger partial charge in [0.1, 0.15) is 0 Å². The molecule has 1 radical (unpaired) electrons. The Kier molecular flexibility index (Phi) is 4.51. The second-order valence-electron chi connectivity index (χ2n) is 4.77. The van der Waals surface area contributed by atoms with Crippen LogP contribution in [0.2, 0.25) is 0 Å².